The number of anilines is 3. The fourth-order valence-corrected chi connectivity index (χ4v) is 3.47. The molecule has 3 aromatic rings. The zero-order chi connectivity index (χ0) is 22.8. The summed E-state index contributed by atoms with van der Waals surface area (Å²) in [4.78, 5) is 38.3. The average Bonchev–Trinajstić information content (AvgIpc) is 2.99. The van der Waals surface area contributed by atoms with Crippen molar-refractivity contribution in [2.45, 2.75) is 0 Å². The van der Waals surface area contributed by atoms with Crippen LogP contribution >= 0.6 is 23.2 Å². The largest absolute Gasteiger partial charge is 0.350 e. The lowest BCUT2D eigenvalue weighted by Crippen LogP contribution is -2.33. The van der Waals surface area contributed by atoms with E-state index in [9.17, 15) is 18.8 Å². The Morgan fingerprint density at radius 2 is 1.50 bits per heavy atom. The Morgan fingerprint density at radius 3 is 2.19 bits per heavy atom. The smallest absolute Gasteiger partial charge is 0.283 e. The van der Waals surface area contributed by atoms with Crippen molar-refractivity contribution in [2.24, 2.45) is 0 Å². The van der Waals surface area contributed by atoms with Crippen LogP contribution in [0.3, 0.4) is 0 Å². The molecule has 0 unspecified atom stereocenters. The molecule has 4 rings (SSSR count). The van der Waals surface area contributed by atoms with Gasteiger partial charge in [-0.25, -0.2) is 9.29 Å². The number of nitrogens with zero attached hydrogens (tertiary/aromatic N) is 1. The van der Waals surface area contributed by atoms with Crippen LogP contribution in [0.2, 0.25) is 5.02 Å². The lowest BCUT2D eigenvalue weighted by molar-refractivity contribution is -0.120. The predicted octanol–water partition coefficient (Wildman–Crippen LogP) is 5.17. The number of carbonyl (C=O) groups is 3. The second-order valence-corrected chi connectivity index (χ2v) is 7.51. The minimum atomic E-state index is -0.833. The molecule has 3 amide bonds. The molecule has 1 heterocycles. The van der Waals surface area contributed by atoms with Gasteiger partial charge in [-0.1, -0.05) is 47.5 Å². The second kappa shape index (κ2) is 8.82. The zero-order valence-corrected chi connectivity index (χ0v) is 17.7. The molecule has 1 aliphatic rings. The van der Waals surface area contributed by atoms with Crippen LogP contribution in [0.1, 0.15) is 10.4 Å². The first kappa shape index (κ1) is 21.5. The molecular formula is C23H14Cl2FN3O3. The highest BCUT2D eigenvalue weighted by molar-refractivity contribution is 6.53. The monoisotopic (exact) mass is 469 g/mol. The van der Waals surface area contributed by atoms with E-state index in [1.54, 1.807) is 36.4 Å². The number of amides is 3. The topological polar surface area (TPSA) is 78.5 Å². The predicted molar refractivity (Wildman–Crippen MR) is 121 cm³/mol. The molecule has 9 heteroatoms. The van der Waals surface area contributed by atoms with Gasteiger partial charge in [0.15, 0.2) is 0 Å². The summed E-state index contributed by atoms with van der Waals surface area (Å²) in [6.07, 6.45) is 0. The van der Waals surface area contributed by atoms with Crippen LogP contribution in [0.5, 0.6) is 0 Å². The molecule has 160 valence electrons. The van der Waals surface area contributed by atoms with Gasteiger partial charge in [0.25, 0.3) is 17.7 Å². The van der Waals surface area contributed by atoms with Crippen LogP contribution in [-0.2, 0) is 9.59 Å². The number of imide groups is 1. The Hall–Kier alpha value is -3.68. The lowest BCUT2D eigenvalue weighted by Gasteiger charge is -2.15. The van der Waals surface area contributed by atoms with E-state index >= 15 is 0 Å². The first-order chi connectivity index (χ1) is 15.4. The first-order valence-corrected chi connectivity index (χ1v) is 10.1. The third kappa shape index (κ3) is 4.08. The average molecular weight is 470 g/mol. The molecule has 1 aliphatic heterocycles. The Bertz CT molecular complexity index is 1280. The number of hydrogen-bond donors (Lipinski definition) is 2. The fourth-order valence-electron chi connectivity index (χ4n) is 3.07. The van der Waals surface area contributed by atoms with Crippen molar-refractivity contribution in [1.82, 2.24) is 0 Å². The summed E-state index contributed by atoms with van der Waals surface area (Å²) in [5, 5.41) is 5.53. The Balaban J connectivity index is 1.50. The molecule has 3 aromatic carbocycles. The Kier molecular flexibility index (Phi) is 5.94. The van der Waals surface area contributed by atoms with Crippen molar-refractivity contribution in [3.8, 4) is 0 Å². The van der Waals surface area contributed by atoms with Crippen LogP contribution in [-0.4, -0.2) is 17.7 Å². The minimum Gasteiger partial charge on any atom is -0.350 e. The van der Waals surface area contributed by atoms with Gasteiger partial charge in [0.1, 0.15) is 16.5 Å². The van der Waals surface area contributed by atoms with Gasteiger partial charge >= 0.3 is 0 Å². The van der Waals surface area contributed by atoms with Crippen molar-refractivity contribution in [1.29, 1.82) is 0 Å². The summed E-state index contributed by atoms with van der Waals surface area (Å²) >= 11 is 12.1. The van der Waals surface area contributed by atoms with E-state index in [1.165, 1.54) is 30.3 Å². The van der Waals surface area contributed by atoms with Gasteiger partial charge in [0.2, 0.25) is 0 Å². The maximum atomic E-state index is 14.1. The van der Waals surface area contributed by atoms with E-state index < -0.39 is 17.6 Å². The number of para-hydroxylation sites is 2. The summed E-state index contributed by atoms with van der Waals surface area (Å²) in [7, 11) is 0. The Labute approximate surface area is 192 Å². The molecule has 0 saturated heterocycles. The van der Waals surface area contributed by atoms with Crippen molar-refractivity contribution in [2.75, 3.05) is 15.5 Å². The van der Waals surface area contributed by atoms with E-state index in [-0.39, 0.29) is 22.3 Å². The van der Waals surface area contributed by atoms with Crippen LogP contribution in [0.4, 0.5) is 21.5 Å². The maximum absolute atomic E-state index is 14.1. The highest BCUT2D eigenvalue weighted by Crippen LogP contribution is 2.31. The zero-order valence-electron chi connectivity index (χ0n) is 16.2. The number of hydrogen-bond acceptors (Lipinski definition) is 4. The van der Waals surface area contributed by atoms with Crippen molar-refractivity contribution < 1.29 is 18.8 Å². The molecule has 0 aliphatic carbocycles. The third-order valence-corrected chi connectivity index (χ3v) is 5.34. The van der Waals surface area contributed by atoms with Gasteiger partial charge in [-0.2, -0.15) is 0 Å². The van der Waals surface area contributed by atoms with Gasteiger partial charge < -0.3 is 10.6 Å². The Morgan fingerprint density at radius 1 is 0.844 bits per heavy atom. The highest BCUT2D eigenvalue weighted by atomic mass is 35.5. The van der Waals surface area contributed by atoms with Crippen LogP contribution < -0.4 is 15.5 Å². The van der Waals surface area contributed by atoms with Crippen molar-refractivity contribution in [3.05, 3.63) is 99.9 Å². The summed E-state index contributed by atoms with van der Waals surface area (Å²) < 4.78 is 14.1. The molecule has 0 radical (unpaired) electrons. The normalized spacial score (nSPS) is 13.5. The van der Waals surface area contributed by atoms with E-state index in [4.69, 9.17) is 23.2 Å². The molecule has 2 N–H and O–H groups in total. The molecule has 0 saturated carbocycles. The standard InChI is InChI=1S/C23H14Cl2FN3O3/c24-15-5-1-3-7-17(15)28-21(30)13-9-11-14(12-10-13)27-20-19(25)22(31)29(23(20)32)18-8-4-2-6-16(18)26/h1-12,27H,(H,28,30). The van der Waals surface area contributed by atoms with Gasteiger partial charge in [-0.15, -0.1) is 0 Å². The second-order valence-electron chi connectivity index (χ2n) is 6.72. The fraction of sp³-hybridized carbons (Fsp3) is 0. The number of rotatable bonds is 5. The summed E-state index contributed by atoms with van der Waals surface area (Å²) in [6.45, 7) is 0. The molecule has 0 aromatic heterocycles. The van der Waals surface area contributed by atoms with Crippen molar-refractivity contribution >= 4 is 58.0 Å². The van der Waals surface area contributed by atoms with E-state index in [1.807, 2.05) is 0 Å². The quantitative estimate of drug-likeness (QED) is 0.505. The van der Waals surface area contributed by atoms with E-state index in [0.717, 1.165) is 6.07 Å². The van der Waals surface area contributed by atoms with Crippen LogP contribution in [0, 0.1) is 5.82 Å². The van der Waals surface area contributed by atoms with E-state index in [2.05, 4.69) is 10.6 Å². The van der Waals surface area contributed by atoms with Gasteiger partial charge in [-0.3, -0.25) is 14.4 Å². The third-order valence-electron chi connectivity index (χ3n) is 4.66. The number of halogens is 3. The van der Waals surface area contributed by atoms with E-state index in [0.29, 0.717) is 26.9 Å². The summed E-state index contributed by atoms with van der Waals surface area (Å²) in [6, 6.07) is 18.4. The molecule has 0 fully saturated rings. The molecule has 32 heavy (non-hydrogen) atoms. The summed E-state index contributed by atoms with van der Waals surface area (Å²) in [5.74, 6) is -2.72. The maximum Gasteiger partial charge on any atom is 0.283 e. The molecular weight excluding hydrogens is 456 g/mol. The highest BCUT2D eigenvalue weighted by Gasteiger charge is 2.40. The van der Waals surface area contributed by atoms with Crippen LogP contribution in [0.25, 0.3) is 0 Å². The molecule has 0 spiro atoms. The molecule has 6 nitrogen and oxygen atoms in total. The first-order valence-electron chi connectivity index (χ1n) is 9.33. The number of nitrogens with one attached hydrogen (secondary N) is 2. The lowest BCUT2D eigenvalue weighted by atomic mass is 10.2. The number of carbonyl (C=O) groups excluding carboxylic acids is 3. The summed E-state index contributed by atoms with van der Waals surface area (Å²) in [5.41, 5.74) is 0.847. The van der Waals surface area contributed by atoms with Crippen LogP contribution in [0.15, 0.2) is 83.5 Å². The van der Waals surface area contributed by atoms with Gasteiger partial charge in [0, 0.05) is 11.3 Å². The molecule has 0 bridgehead atoms. The molecule has 0 atom stereocenters. The van der Waals surface area contributed by atoms with Gasteiger partial charge in [0.05, 0.1) is 16.4 Å². The number of benzene rings is 3. The SMILES string of the molecule is O=C(Nc1ccccc1Cl)c1ccc(NC2=C(Cl)C(=O)N(c3ccccc3F)C2=O)cc1. The van der Waals surface area contributed by atoms with Gasteiger partial charge in [-0.05, 0) is 48.5 Å². The van der Waals surface area contributed by atoms with Crippen molar-refractivity contribution in [3.63, 3.8) is 0 Å². The minimum absolute atomic E-state index is 0.187.